The van der Waals surface area contributed by atoms with Gasteiger partial charge in [-0.1, -0.05) is 36.4 Å². The van der Waals surface area contributed by atoms with E-state index >= 15 is 0 Å². The van der Waals surface area contributed by atoms with Gasteiger partial charge in [0.25, 0.3) is 11.5 Å². The smallest absolute Gasteiger partial charge is 0.291 e. The third-order valence-corrected chi connectivity index (χ3v) is 6.27. The second-order valence-electron chi connectivity index (χ2n) is 6.91. The molecule has 7 heteroatoms. The van der Waals surface area contributed by atoms with Gasteiger partial charge in [0, 0.05) is 16.1 Å². The van der Waals surface area contributed by atoms with E-state index in [4.69, 9.17) is 4.98 Å². The quantitative estimate of drug-likeness (QED) is 0.539. The van der Waals surface area contributed by atoms with Gasteiger partial charge in [-0.3, -0.25) is 15.0 Å². The van der Waals surface area contributed by atoms with Crippen molar-refractivity contribution >= 4 is 39.1 Å². The van der Waals surface area contributed by atoms with Crippen LogP contribution in [-0.4, -0.2) is 15.6 Å². The largest absolute Gasteiger partial charge is 0.324 e. The molecule has 144 valence electrons. The third kappa shape index (κ3) is 3.19. The van der Waals surface area contributed by atoms with E-state index in [1.807, 2.05) is 36.4 Å². The number of anilines is 2. The summed E-state index contributed by atoms with van der Waals surface area (Å²) in [4.78, 5) is 32.0. The van der Waals surface area contributed by atoms with Crippen molar-refractivity contribution < 1.29 is 4.79 Å². The third-order valence-electron chi connectivity index (χ3n) is 5.00. The van der Waals surface area contributed by atoms with Gasteiger partial charge in [-0.15, -0.1) is 11.3 Å². The van der Waals surface area contributed by atoms with Crippen LogP contribution in [0.1, 0.15) is 27.2 Å². The van der Waals surface area contributed by atoms with Gasteiger partial charge in [0.2, 0.25) is 5.95 Å². The Hall–Kier alpha value is -3.45. The normalized spacial score (nSPS) is 12.7. The van der Waals surface area contributed by atoms with E-state index in [2.05, 4.69) is 10.7 Å². The lowest BCUT2D eigenvalue weighted by Gasteiger charge is -2.15. The molecule has 0 spiro atoms. The molecule has 1 amide bonds. The lowest BCUT2D eigenvalue weighted by atomic mass is 10.2. The van der Waals surface area contributed by atoms with E-state index in [0.717, 1.165) is 30.5 Å². The number of amides is 1. The van der Waals surface area contributed by atoms with E-state index in [-0.39, 0.29) is 11.5 Å². The first kappa shape index (κ1) is 17.6. The monoisotopic (exact) mass is 402 g/mol. The van der Waals surface area contributed by atoms with Crippen molar-refractivity contribution in [2.75, 3.05) is 10.7 Å². The van der Waals surface area contributed by atoms with Crippen molar-refractivity contribution in [2.24, 2.45) is 0 Å². The van der Waals surface area contributed by atoms with Gasteiger partial charge < -0.3 is 5.32 Å². The Morgan fingerprint density at radius 3 is 2.48 bits per heavy atom. The second-order valence-corrected chi connectivity index (χ2v) is 8.01. The first-order valence-electron chi connectivity index (χ1n) is 9.46. The second kappa shape index (κ2) is 7.18. The molecular weight excluding hydrogens is 384 g/mol. The fourth-order valence-electron chi connectivity index (χ4n) is 3.60. The molecule has 0 unspecified atom stereocenters. The summed E-state index contributed by atoms with van der Waals surface area (Å²) in [5, 5.41) is 3.19. The van der Waals surface area contributed by atoms with Gasteiger partial charge in [0.15, 0.2) is 0 Å². The number of benzene rings is 2. The molecule has 0 radical (unpaired) electrons. The van der Waals surface area contributed by atoms with Crippen molar-refractivity contribution in [1.82, 2.24) is 9.66 Å². The average Bonchev–Trinajstić information content (AvgIpc) is 3.34. The molecule has 2 heterocycles. The highest BCUT2D eigenvalue weighted by molar-refractivity contribution is 7.19. The number of thiophene rings is 1. The molecule has 2 N–H and O–H groups in total. The molecule has 4 aromatic rings. The number of nitrogens with zero attached hydrogens (tertiary/aromatic N) is 2. The fraction of sp³-hybridized carbons (Fsp3) is 0.136. The Bertz CT molecular complexity index is 1260. The first-order valence-corrected chi connectivity index (χ1v) is 10.3. The van der Waals surface area contributed by atoms with E-state index in [1.165, 1.54) is 26.5 Å². The van der Waals surface area contributed by atoms with Crippen LogP contribution in [0.2, 0.25) is 0 Å². The maximum absolute atomic E-state index is 13.3. The van der Waals surface area contributed by atoms with Crippen LogP contribution >= 0.6 is 11.3 Å². The minimum absolute atomic E-state index is 0.267. The lowest BCUT2D eigenvalue weighted by molar-refractivity contribution is 0.101. The molecule has 0 bridgehead atoms. The van der Waals surface area contributed by atoms with Crippen LogP contribution in [0.3, 0.4) is 0 Å². The molecule has 2 aromatic carbocycles. The van der Waals surface area contributed by atoms with E-state index < -0.39 is 0 Å². The van der Waals surface area contributed by atoms with E-state index in [9.17, 15) is 9.59 Å². The van der Waals surface area contributed by atoms with Crippen molar-refractivity contribution in [1.29, 1.82) is 0 Å². The number of aryl methyl sites for hydroxylation is 2. The van der Waals surface area contributed by atoms with Crippen LogP contribution in [0.25, 0.3) is 10.2 Å². The van der Waals surface area contributed by atoms with Crippen LogP contribution in [0.5, 0.6) is 0 Å². The Morgan fingerprint density at radius 2 is 1.72 bits per heavy atom. The summed E-state index contributed by atoms with van der Waals surface area (Å²) in [5.41, 5.74) is 5.62. The predicted molar refractivity (Wildman–Crippen MR) is 116 cm³/mol. The summed E-state index contributed by atoms with van der Waals surface area (Å²) in [5.74, 6) is -0.0699. The summed E-state index contributed by atoms with van der Waals surface area (Å²) in [6, 6.07) is 18.3. The first-order chi connectivity index (χ1) is 14.2. The Labute approximate surface area is 170 Å². The van der Waals surface area contributed by atoms with Crippen molar-refractivity contribution in [2.45, 2.75) is 19.3 Å². The number of para-hydroxylation sites is 1. The minimum atomic E-state index is -0.367. The molecule has 6 nitrogen and oxygen atoms in total. The van der Waals surface area contributed by atoms with E-state index in [0.29, 0.717) is 16.2 Å². The maximum Gasteiger partial charge on any atom is 0.291 e. The summed E-state index contributed by atoms with van der Waals surface area (Å²) >= 11 is 1.49. The number of hydrogen-bond donors (Lipinski definition) is 2. The predicted octanol–water partition coefficient (Wildman–Crippen LogP) is 4.07. The lowest BCUT2D eigenvalue weighted by Crippen LogP contribution is -2.35. The number of hydrogen-bond acceptors (Lipinski definition) is 5. The van der Waals surface area contributed by atoms with Gasteiger partial charge >= 0.3 is 0 Å². The number of carbonyl (C=O) groups is 1. The number of carbonyl (C=O) groups excluding carboxylic acids is 1. The molecule has 1 aliphatic carbocycles. The van der Waals surface area contributed by atoms with Crippen LogP contribution in [-0.2, 0) is 12.8 Å². The molecular formula is C22H18N4O2S. The number of fused-ring (bicyclic) bond motifs is 3. The van der Waals surface area contributed by atoms with Crippen molar-refractivity contribution in [3.8, 4) is 0 Å². The van der Waals surface area contributed by atoms with Crippen molar-refractivity contribution in [3.63, 3.8) is 0 Å². The summed E-state index contributed by atoms with van der Waals surface area (Å²) in [7, 11) is 0. The zero-order valence-corrected chi connectivity index (χ0v) is 16.3. The Kier molecular flexibility index (Phi) is 4.37. The molecule has 0 saturated carbocycles. The Balaban J connectivity index is 1.64. The van der Waals surface area contributed by atoms with Crippen molar-refractivity contribution in [3.05, 3.63) is 87.0 Å². The molecule has 2 aromatic heterocycles. The summed E-state index contributed by atoms with van der Waals surface area (Å²) in [6.07, 6.45) is 3.01. The highest BCUT2D eigenvalue weighted by atomic mass is 32.1. The zero-order chi connectivity index (χ0) is 19.8. The molecule has 0 aliphatic heterocycles. The van der Waals surface area contributed by atoms with Crippen LogP contribution < -0.4 is 16.3 Å². The maximum atomic E-state index is 13.3. The highest BCUT2D eigenvalue weighted by Crippen LogP contribution is 2.35. The summed E-state index contributed by atoms with van der Waals surface area (Å²) in [6.45, 7) is 0. The van der Waals surface area contributed by atoms with Gasteiger partial charge in [-0.25, -0.2) is 4.98 Å². The van der Waals surface area contributed by atoms with Gasteiger partial charge in [0.1, 0.15) is 4.70 Å². The molecule has 5 rings (SSSR count). The topological polar surface area (TPSA) is 76.0 Å². The number of aromatic nitrogens is 2. The Morgan fingerprint density at radius 1 is 1.00 bits per heavy atom. The van der Waals surface area contributed by atoms with Gasteiger partial charge in [-0.2, -0.15) is 4.68 Å². The average molecular weight is 402 g/mol. The van der Waals surface area contributed by atoms with Crippen LogP contribution in [0.15, 0.2) is 65.5 Å². The molecule has 0 atom stereocenters. The van der Waals surface area contributed by atoms with Gasteiger partial charge in [0.05, 0.1) is 5.52 Å². The van der Waals surface area contributed by atoms with E-state index in [1.54, 1.807) is 24.3 Å². The van der Waals surface area contributed by atoms with Gasteiger partial charge in [-0.05, 0) is 49.1 Å². The highest BCUT2D eigenvalue weighted by Gasteiger charge is 2.23. The van der Waals surface area contributed by atoms with Crippen LogP contribution in [0.4, 0.5) is 11.6 Å². The fourth-order valence-corrected chi connectivity index (χ4v) is 4.86. The van der Waals surface area contributed by atoms with Crippen LogP contribution in [0, 0.1) is 0 Å². The number of nitrogens with one attached hydrogen (secondary N) is 2. The SMILES string of the molecule is O=C(Nn1c(Nc2ccccc2)nc2c3c(sc2c1=O)CCC3)c1ccccc1. The molecule has 29 heavy (non-hydrogen) atoms. The molecule has 0 fully saturated rings. The molecule has 1 aliphatic rings. The standard InChI is InChI=1S/C22H18N4O2S/c27-20(14-8-3-1-4-9-14)25-26-21(28)19-18(16-12-7-13-17(16)29-19)24-22(26)23-15-10-5-2-6-11-15/h1-6,8-11H,7,12-13H2,(H,23,24)(H,25,27). The minimum Gasteiger partial charge on any atom is -0.324 e. The molecule has 0 saturated heterocycles. The zero-order valence-electron chi connectivity index (χ0n) is 15.5. The summed E-state index contributed by atoms with van der Waals surface area (Å²) < 4.78 is 1.80. The number of rotatable bonds is 4.